The van der Waals surface area contributed by atoms with Gasteiger partial charge in [-0.2, -0.15) is 0 Å². The lowest BCUT2D eigenvalue weighted by atomic mass is 9.87. The van der Waals surface area contributed by atoms with Crippen LogP contribution in [0.25, 0.3) is 0 Å². The predicted molar refractivity (Wildman–Crippen MR) is 75.8 cm³/mol. The molecule has 0 unspecified atom stereocenters. The minimum absolute atomic E-state index is 0.0875. The van der Waals surface area contributed by atoms with Crippen LogP contribution in [0.4, 0.5) is 8.78 Å². The lowest BCUT2D eigenvalue weighted by Gasteiger charge is -2.19. The smallest absolute Gasteiger partial charge is 0.126 e. The summed E-state index contributed by atoms with van der Waals surface area (Å²) in [5.41, 5.74) is 1.77. The van der Waals surface area contributed by atoms with Crippen molar-refractivity contribution < 1.29 is 13.5 Å². The third kappa shape index (κ3) is 3.80. The Morgan fingerprint density at radius 3 is 1.95 bits per heavy atom. The van der Waals surface area contributed by atoms with Crippen LogP contribution in [0.3, 0.4) is 0 Å². The van der Waals surface area contributed by atoms with Crippen LogP contribution >= 0.6 is 0 Å². The highest BCUT2D eigenvalue weighted by atomic mass is 19.1. The van der Waals surface area contributed by atoms with Crippen molar-refractivity contribution in [2.75, 3.05) is 0 Å². The molecule has 0 radical (unpaired) electrons. The Hall–Kier alpha value is -1.90. The summed E-state index contributed by atoms with van der Waals surface area (Å²) < 4.78 is 31.6. The van der Waals surface area contributed by atoms with Crippen LogP contribution in [-0.2, 0) is 12.0 Å². The van der Waals surface area contributed by atoms with Gasteiger partial charge in [0.2, 0.25) is 0 Å². The molecule has 0 aliphatic carbocycles. The number of hydrogen-bond donors (Lipinski definition) is 0. The molecule has 0 amide bonds. The molecule has 0 aliphatic rings. The van der Waals surface area contributed by atoms with Crippen molar-refractivity contribution in [3.63, 3.8) is 0 Å². The van der Waals surface area contributed by atoms with Crippen molar-refractivity contribution in [2.45, 2.75) is 32.8 Å². The molecule has 0 heterocycles. The monoisotopic (exact) mass is 276 g/mol. The Labute approximate surface area is 118 Å². The van der Waals surface area contributed by atoms with Gasteiger partial charge in [0, 0.05) is 6.07 Å². The average molecular weight is 276 g/mol. The van der Waals surface area contributed by atoms with E-state index in [1.807, 2.05) is 24.3 Å². The summed E-state index contributed by atoms with van der Waals surface area (Å²) >= 11 is 0. The molecule has 0 saturated carbocycles. The fourth-order valence-electron chi connectivity index (χ4n) is 1.91. The van der Waals surface area contributed by atoms with Crippen molar-refractivity contribution in [2.24, 2.45) is 0 Å². The first-order valence-corrected chi connectivity index (χ1v) is 6.53. The van der Waals surface area contributed by atoms with Gasteiger partial charge in [0.15, 0.2) is 0 Å². The van der Waals surface area contributed by atoms with E-state index in [0.29, 0.717) is 11.3 Å². The Bertz CT molecular complexity index is 563. The molecule has 0 N–H and O–H groups in total. The molecule has 3 heteroatoms. The van der Waals surface area contributed by atoms with E-state index >= 15 is 0 Å². The molecule has 2 rings (SSSR count). The molecule has 0 aromatic heterocycles. The fourth-order valence-corrected chi connectivity index (χ4v) is 1.91. The van der Waals surface area contributed by atoms with Crippen molar-refractivity contribution in [3.05, 3.63) is 65.2 Å². The van der Waals surface area contributed by atoms with Gasteiger partial charge < -0.3 is 4.74 Å². The lowest BCUT2D eigenvalue weighted by Crippen LogP contribution is -2.10. The molecular weight excluding hydrogens is 258 g/mol. The number of hydrogen-bond acceptors (Lipinski definition) is 1. The molecule has 0 saturated heterocycles. The van der Waals surface area contributed by atoms with Crippen LogP contribution in [0.1, 0.15) is 31.9 Å². The van der Waals surface area contributed by atoms with E-state index in [1.165, 1.54) is 17.7 Å². The maximum absolute atomic E-state index is 13.0. The molecule has 1 nitrogen and oxygen atoms in total. The van der Waals surface area contributed by atoms with E-state index in [1.54, 1.807) is 0 Å². The van der Waals surface area contributed by atoms with E-state index in [-0.39, 0.29) is 12.0 Å². The summed E-state index contributed by atoms with van der Waals surface area (Å²) in [6.07, 6.45) is 0. The zero-order valence-electron chi connectivity index (χ0n) is 11.9. The lowest BCUT2D eigenvalue weighted by molar-refractivity contribution is 0.304. The van der Waals surface area contributed by atoms with E-state index in [9.17, 15) is 8.78 Å². The quantitative estimate of drug-likeness (QED) is 0.779. The molecule has 2 aromatic rings. The molecule has 0 fully saturated rings. The van der Waals surface area contributed by atoms with Crippen LogP contribution in [0.5, 0.6) is 5.75 Å². The Morgan fingerprint density at radius 1 is 0.900 bits per heavy atom. The van der Waals surface area contributed by atoms with Gasteiger partial charge in [-0.3, -0.25) is 0 Å². The van der Waals surface area contributed by atoms with Gasteiger partial charge in [-0.25, -0.2) is 8.78 Å². The van der Waals surface area contributed by atoms with Crippen LogP contribution in [0.15, 0.2) is 42.5 Å². The third-order valence-corrected chi connectivity index (χ3v) is 3.05. The summed E-state index contributed by atoms with van der Waals surface area (Å²) in [5, 5.41) is 0. The van der Waals surface area contributed by atoms with Crippen molar-refractivity contribution in [1.29, 1.82) is 0 Å². The van der Waals surface area contributed by atoms with Gasteiger partial charge in [0.25, 0.3) is 0 Å². The van der Waals surface area contributed by atoms with Gasteiger partial charge in [0.05, 0.1) is 0 Å². The van der Waals surface area contributed by atoms with Gasteiger partial charge in [0.1, 0.15) is 24.0 Å². The molecule has 0 aliphatic heterocycles. The molecule has 0 spiro atoms. The minimum atomic E-state index is -0.591. The van der Waals surface area contributed by atoms with Crippen LogP contribution in [-0.4, -0.2) is 0 Å². The number of halogens is 2. The average Bonchev–Trinajstić information content (AvgIpc) is 2.35. The third-order valence-electron chi connectivity index (χ3n) is 3.05. The van der Waals surface area contributed by atoms with Gasteiger partial charge in [-0.05, 0) is 40.8 Å². The SMILES string of the molecule is CC(C)(C)c1ccc(OCc2cc(F)cc(F)c2)cc1. The summed E-state index contributed by atoms with van der Waals surface area (Å²) in [4.78, 5) is 0. The number of benzene rings is 2. The molecule has 106 valence electrons. The summed E-state index contributed by atoms with van der Waals surface area (Å²) in [7, 11) is 0. The second-order valence-electron chi connectivity index (χ2n) is 5.84. The predicted octanol–water partition coefficient (Wildman–Crippen LogP) is 4.84. The maximum Gasteiger partial charge on any atom is 0.126 e. The maximum atomic E-state index is 13.0. The highest BCUT2D eigenvalue weighted by Crippen LogP contribution is 2.24. The number of ether oxygens (including phenoxy) is 1. The normalized spacial score (nSPS) is 11.4. The highest BCUT2D eigenvalue weighted by molar-refractivity contribution is 5.31. The molecule has 0 atom stereocenters. The van der Waals surface area contributed by atoms with Crippen molar-refractivity contribution in [3.8, 4) is 5.75 Å². The second-order valence-corrected chi connectivity index (χ2v) is 5.84. The van der Waals surface area contributed by atoms with E-state index in [0.717, 1.165) is 6.07 Å². The molecule has 0 bridgehead atoms. The minimum Gasteiger partial charge on any atom is -0.489 e. The summed E-state index contributed by atoms with van der Waals surface area (Å²) in [5.74, 6) is -0.499. The van der Waals surface area contributed by atoms with E-state index in [2.05, 4.69) is 20.8 Å². The van der Waals surface area contributed by atoms with Crippen LogP contribution < -0.4 is 4.74 Å². The Balaban J connectivity index is 2.04. The van der Waals surface area contributed by atoms with Gasteiger partial charge in [-0.1, -0.05) is 32.9 Å². The topological polar surface area (TPSA) is 9.23 Å². The second kappa shape index (κ2) is 5.61. The van der Waals surface area contributed by atoms with Crippen LogP contribution in [0.2, 0.25) is 0 Å². The first-order chi connectivity index (χ1) is 9.34. The Kier molecular flexibility index (Phi) is 4.07. The Morgan fingerprint density at radius 2 is 1.45 bits per heavy atom. The molecule has 2 aromatic carbocycles. The van der Waals surface area contributed by atoms with Crippen molar-refractivity contribution >= 4 is 0 Å². The largest absolute Gasteiger partial charge is 0.489 e. The number of rotatable bonds is 3. The fraction of sp³-hybridized carbons (Fsp3) is 0.294. The molecular formula is C17H18F2O. The highest BCUT2D eigenvalue weighted by Gasteiger charge is 2.13. The summed E-state index contributed by atoms with van der Waals surface area (Å²) in [6, 6.07) is 11.1. The van der Waals surface area contributed by atoms with Crippen LogP contribution in [0, 0.1) is 11.6 Å². The van der Waals surface area contributed by atoms with Gasteiger partial charge in [-0.15, -0.1) is 0 Å². The first-order valence-electron chi connectivity index (χ1n) is 6.53. The van der Waals surface area contributed by atoms with E-state index < -0.39 is 11.6 Å². The van der Waals surface area contributed by atoms with Gasteiger partial charge >= 0.3 is 0 Å². The first kappa shape index (κ1) is 14.5. The van der Waals surface area contributed by atoms with Crippen molar-refractivity contribution in [1.82, 2.24) is 0 Å². The molecule has 20 heavy (non-hydrogen) atoms. The summed E-state index contributed by atoms with van der Waals surface area (Å²) in [6.45, 7) is 6.55. The van der Waals surface area contributed by atoms with E-state index in [4.69, 9.17) is 4.74 Å². The zero-order chi connectivity index (χ0) is 14.8. The zero-order valence-corrected chi connectivity index (χ0v) is 11.9. The standard InChI is InChI=1S/C17H18F2O/c1-17(2,3)13-4-6-16(7-5-13)20-11-12-8-14(18)10-15(19)9-12/h4-10H,11H2,1-3H3.